The van der Waals surface area contributed by atoms with Crippen molar-refractivity contribution >= 4 is 19.7 Å². The molecule has 0 unspecified atom stereocenters. The maximum Gasteiger partial charge on any atom is 0.280 e. The molecule has 0 aliphatic rings. The van der Waals surface area contributed by atoms with Gasteiger partial charge in [0.25, 0.3) is 9.05 Å². The Balaban J connectivity index is 2.33. The Kier molecular flexibility index (Phi) is 3.45. The average molecular weight is 285 g/mol. The summed E-state index contributed by atoms with van der Waals surface area (Å²) in [6.45, 7) is 4.34. The molecular formula is C12H13ClN2O2S. The van der Waals surface area contributed by atoms with Gasteiger partial charge in [-0.05, 0) is 19.4 Å². The molecule has 0 radical (unpaired) electrons. The molecule has 6 heteroatoms. The molecule has 0 aliphatic heterocycles. The molecule has 0 bridgehead atoms. The summed E-state index contributed by atoms with van der Waals surface area (Å²) in [6.07, 6.45) is 1.46. The lowest BCUT2D eigenvalue weighted by Crippen LogP contribution is -2.00. The topological polar surface area (TPSA) is 52.0 Å². The number of aryl methyl sites for hydroxylation is 2. The molecule has 2 aromatic rings. The van der Waals surface area contributed by atoms with Crippen LogP contribution in [0.2, 0.25) is 0 Å². The van der Waals surface area contributed by atoms with Crippen LogP contribution in [0.15, 0.2) is 35.5 Å². The number of hydrogen-bond acceptors (Lipinski definition) is 3. The van der Waals surface area contributed by atoms with E-state index in [0.29, 0.717) is 12.4 Å². The third-order valence-electron chi connectivity index (χ3n) is 2.64. The summed E-state index contributed by atoms with van der Waals surface area (Å²) in [5.74, 6) is 0.621. The monoisotopic (exact) mass is 284 g/mol. The number of rotatable bonds is 3. The van der Waals surface area contributed by atoms with Gasteiger partial charge in [-0.1, -0.05) is 29.8 Å². The van der Waals surface area contributed by atoms with Crippen molar-refractivity contribution in [2.75, 3.05) is 0 Å². The molecular weight excluding hydrogens is 272 g/mol. The lowest BCUT2D eigenvalue weighted by atomic mass is 10.1. The molecule has 0 N–H and O–H groups in total. The summed E-state index contributed by atoms with van der Waals surface area (Å²) >= 11 is 0. The van der Waals surface area contributed by atoms with Crippen molar-refractivity contribution in [3.63, 3.8) is 0 Å². The lowest BCUT2D eigenvalue weighted by molar-refractivity contribution is 0.606. The van der Waals surface area contributed by atoms with Crippen LogP contribution in [0.25, 0.3) is 0 Å². The number of imidazole rings is 1. The molecule has 0 spiro atoms. The summed E-state index contributed by atoms with van der Waals surface area (Å²) in [5, 5.41) is -0.102. The van der Waals surface area contributed by atoms with E-state index < -0.39 is 9.05 Å². The first kappa shape index (κ1) is 13.1. The smallest absolute Gasteiger partial charge is 0.280 e. The van der Waals surface area contributed by atoms with Gasteiger partial charge in [0.05, 0.1) is 0 Å². The zero-order valence-corrected chi connectivity index (χ0v) is 11.7. The SMILES string of the molecule is Cc1cccc(Cn2cc(S(=O)(=O)Cl)nc2C)c1. The van der Waals surface area contributed by atoms with Crippen LogP contribution in [0.4, 0.5) is 0 Å². The predicted molar refractivity (Wildman–Crippen MR) is 70.3 cm³/mol. The minimum atomic E-state index is -3.76. The normalized spacial score (nSPS) is 11.7. The van der Waals surface area contributed by atoms with E-state index in [9.17, 15) is 8.42 Å². The van der Waals surface area contributed by atoms with Gasteiger partial charge in [-0.15, -0.1) is 0 Å². The fraction of sp³-hybridized carbons (Fsp3) is 0.250. The maximum atomic E-state index is 11.2. The maximum absolute atomic E-state index is 11.2. The van der Waals surface area contributed by atoms with Crippen molar-refractivity contribution in [3.05, 3.63) is 47.4 Å². The van der Waals surface area contributed by atoms with Gasteiger partial charge in [0.2, 0.25) is 0 Å². The molecule has 18 heavy (non-hydrogen) atoms. The highest BCUT2D eigenvalue weighted by atomic mass is 35.7. The summed E-state index contributed by atoms with van der Waals surface area (Å²) in [4.78, 5) is 3.94. The summed E-state index contributed by atoms with van der Waals surface area (Å²) in [7, 11) is 1.50. The first-order valence-electron chi connectivity index (χ1n) is 5.40. The molecule has 0 atom stereocenters. The third-order valence-corrected chi connectivity index (χ3v) is 3.81. The largest absolute Gasteiger partial charge is 0.329 e. The van der Waals surface area contributed by atoms with Crippen LogP contribution in [0.3, 0.4) is 0 Å². The number of hydrogen-bond donors (Lipinski definition) is 0. The van der Waals surface area contributed by atoms with Gasteiger partial charge in [-0.2, -0.15) is 0 Å². The Hall–Kier alpha value is -1.33. The van der Waals surface area contributed by atoms with Crippen LogP contribution in [-0.4, -0.2) is 18.0 Å². The minimum absolute atomic E-state index is 0.102. The molecule has 1 aromatic carbocycles. The molecule has 1 heterocycles. The van der Waals surface area contributed by atoms with Gasteiger partial charge in [0.15, 0.2) is 5.03 Å². The van der Waals surface area contributed by atoms with E-state index in [1.807, 2.05) is 31.2 Å². The molecule has 0 saturated carbocycles. The molecule has 0 amide bonds. The Morgan fingerprint density at radius 2 is 2.06 bits per heavy atom. The van der Waals surface area contributed by atoms with E-state index in [0.717, 1.165) is 11.1 Å². The first-order chi connectivity index (χ1) is 8.36. The number of benzene rings is 1. The summed E-state index contributed by atoms with van der Waals surface area (Å²) in [5.41, 5.74) is 2.25. The van der Waals surface area contributed by atoms with Gasteiger partial charge in [0.1, 0.15) is 5.82 Å². The quantitative estimate of drug-likeness (QED) is 0.814. The van der Waals surface area contributed by atoms with Crippen molar-refractivity contribution < 1.29 is 8.42 Å². The minimum Gasteiger partial charge on any atom is -0.329 e. The average Bonchev–Trinajstić information content (AvgIpc) is 2.60. The van der Waals surface area contributed by atoms with Crippen molar-refractivity contribution in [1.29, 1.82) is 0 Å². The van der Waals surface area contributed by atoms with Crippen LogP contribution in [-0.2, 0) is 15.6 Å². The molecule has 96 valence electrons. The van der Waals surface area contributed by atoms with Crippen LogP contribution >= 0.6 is 10.7 Å². The Labute approximate surface area is 111 Å². The zero-order valence-electron chi connectivity index (χ0n) is 10.1. The van der Waals surface area contributed by atoms with Gasteiger partial charge in [-0.25, -0.2) is 13.4 Å². The van der Waals surface area contributed by atoms with Crippen LogP contribution in [0.5, 0.6) is 0 Å². The Bertz CT molecular complexity index is 677. The first-order valence-corrected chi connectivity index (χ1v) is 7.71. The second-order valence-electron chi connectivity index (χ2n) is 4.18. The Morgan fingerprint density at radius 3 is 2.61 bits per heavy atom. The van der Waals surface area contributed by atoms with E-state index in [4.69, 9.17) is 10.7 Å². The van der Waals surface area contributed by atoms with Crippen LogP contribution in [0.1, 0.15) is 17.0 Å². The molecule has 0 aliphatic carbocycles. The summed E-state index contributed by atoms with van der Waals surface area (Å²) < 4.78 is 24.2. The molecule has 2 rings (SSSR count). The lowest BCUT2D eigenvalue weighted by Gasteiger charge is -2.05. The molecule has 4 nitrogen and oxygen atoms in total. The number of halogens is 1. The zero-order chi connectivity index (χ0) is 13.3. The highest BCUT2D eigenvalue weighted by Crippen LogP contribution is 2.15. The van der Waals surface area contributed by atoms with Crippen molar-refractivity contribution in [2.45, 2.75) is 25.4 Å². The van der Waals surface area contributed by atoms with Crippen molar-refractivity contribution in [3.8, 4) is 0 Å². The van der Waals surface area contributed by atoms with Crippen molar-refractivity contribution in [1.82, 2.24) is 9.55 Å². The van der Waals surface area contributed by atoms with E-state index in [-0.39, 0.29) is 5.03 Å². The number of nitrogens with zero attached hydrogens (tertiary/aromatic N) is 2. The van der Waals surface area contributed by atoms with Crippen LogP contribution < -0.4 is 0 Å². The van der Waals surface area contributed by atoms with E-state index in [2.05, 4.69) is 4.98 Å². The van der Waals surface area contributed by atoms with Gasteiger partial charge < -0.3 is 4.57 Å². The standard InChI is InChI=1S/C12H13ClN2O2S/c1-9-4-3-5-11(6-9)7-15-8-12(14-10(15)2)18(13,16)17/h3-6,8H,7H2,1-2H3. The molecule has 1 aromatic heterocycles. The number of aromatic nitrogens is 2. The van der Waals surface area contributed by atoms with E-state index in [1.54, 1.807) is 11.5 Å². The summed E-state index contributed by atoms with van der Waals surface area (Å²) in [6, 6.07) is 8.02. The van der Waals surface area contributed by atoms with Gasteiger partial charge in [0, 0.05) is 23.4 Å². The second kappa shape index (κ2) is 4.74. The highest BCUT2D eigenvalue weighted by Gasteiger charge is 2.15. The Morgan fingerprint density at radius 1 is 1.33 bits per heavy atom. The molecule has 0 saturated heterocycles. The van der Waals surface area contributed by atoms with Gasteiger partial charge >= 0.3 is 0 Å². The highest BCUT2D eigenvalue weighted by molar-refractivity contribution is 8.13. The van der Waals surface area contributed by atoms with Gasteiger partial charge in [-0.3, -0.25) is 0 Å². The van der Waals surface area contributed by atoms with Crippen LogP contribution in [0, 0.1) is 13.8 Å². The van der Waals surface area contributed by atoms with Crippen molar-refractivity contribution in [2.24, 2.45) is 0 Å². The fourth-order valence-electron chi connectivity index (χ4n) is 1.76. The molecule has 0 fully saturated rings. The second-order valence-corrected chi connectivity index (χ2v) is 6.69. The third kappa shape index (κ3) is 2.91. The van der Waals surface area contributed by atoms with E-state index in [1.165, 1.54) is 6.20 Å². The fourth-order valence-corrected chi connectivity index (χ4v) is 2.48. The van der Waals surface area contributed by atoms with E-state index >= 15 is 0 Å². The predicted octanol–water partition coefficient (Wildman–Crippen LogP) is 2.48.